The fourth-order valence-electron chi connectivity index (χ4n) is 4.21. The second-order valence-corrected chi connectivity index (χ2v) is 76.3. The summed E-state index contributed by atoms with van der Waals surface area (Å²) in [5.41, 5.74) is 0. The Bertz CT molecular complexity index is 1550. The molecule has 0 aromatic carbocycles. The normalized spacial score (nSPS) is 12.2. The number of hydrogen-bond acceptors (Lipinski definition) is 5. The maximum absolute atomic E-state index is 2.50. The first kappa shape index (κ1) is 43.0. The molecule has 5 rings (SSSR count). The molecule has 0 aliphatic carbocycles. The van der Waals surface area contributed by atoms with E-state index in [-0.39, 0.29) is 42.3 Å². The summed E-state index contributed by atoms with van der Waals surface area (Å²) in [6.45, 7) is 4.67. The number of thiophene rings is 5. The predicted molar refractivity (Wildman–Crippen MR) is 231 cm³/mol. The van der Waals surface area contributed by atoms with Gasteiger partial charge in [0.1, 0.15) is 0 Å². The van der Waals surface area contributed by atoms with Gasteiger partial charge in [-0.3, -0.25) is 0 Å². The van der Waals surface area contributed by atoms with Crippen molar-refractivity contribution < 1.29 is 0 Å². The van der Waals surface area contributed by atoms with Gasteiger partial charge in [0.05, 0.1) is 0 Å². The molecule has 0 saturated carbocycles. The Kier molecular flexibility index (Phi) is 19.2. The van der Waals surface area contributed by atoms with E-state index >= 15 is 0 Å². The molecule has 0 fully saturated rings. The fourth-order valence-corrected chi connectivity index (χ4v) is 32.8. The summed E-state index contributed by atoms with van der Waals surface area (Å²) >= 11 is 6.15. The Hall–Kier alpha value is 3.55. The summed E-state index contributed by atoms with van der Waals surface area (Å²) in [7, 11) is 0. The molecule has 5 aromatic rings. The first-order valence-electron chi connectivity index (χ1n) is 16.0. The standard InChI is InChI=1S/C9H6S2.C7H4S2.C5H4S.2C2H5.9CH3.6Sn.H/c1-7-4-5-9(11-7)8-3-2-6-10-8;1-5-4-7-6(9-5)2-3-8-7;1-5-3-2-4-6-5;2*1-2;;;;;;;;;;;;;;;;/h2-5H,1H2;2,4H,1H2;2-3H,1H2;2*1H2,2H3;9*1H3;;;;;;;. The van der Waals surface area contributed by atoms with Gasteiger partial charge in [0.25, 0.3) is 0 Å². The molecule has 0 N–H and O–H groups in total. The molecule has 0 spiro atoms. The molecule has 0 atom stereocenters. The van der Waals surface area contributed by atoms with Crippen LogP contribution in [0.4, 0.5) is 0 Å². The third-order valence-electron chi connectivity index (χ3n) is 6.95. The van der Waals surface area contributed by atoms with E-state index < -0.39 is 55.1 Å². The molecule has 11 heteroatoms. The summed E-state index contributed by atoms with van der Waals surface area (Å²) in [6.07, 6.45) is 0. The van der Waals surface area contributed by atoms with Crippen molar-refractivity contribution in [3.05, 3.63) is 63.2 Å². The van der Waals surface area contributed by atoms with E-state index in [1.54, 1.807) is 32.7 Å². The van der Waals surface area contributed by atoms with Crippen LogP contribution in [0.1, 0.15) is 28.5 Å². The van der Waals surface area contributed by atoms with Crippen LogP contribution in [0.15, 0.2) is 48.5 Å². The van der Waals surface area contributed by atoms with E-state index in [0.29, 0.717) is 0 Å². The number of fused-ring (bicyclic) bond motifs is 1. The average Bonchev–Trinajstić information content (AvgIpc) is 3.77. The van der Waals surface area contributed by atoms with Gasteiger partial charge >= 0.3 is 348 Å². The molecule has 0 aliphatic heterocycles. The SMILES string of the molecule is C[CH2][Sn][CH2]c1cc[c]([Sn]([CH3])([CH3])[CH3])s1.C[CH2][Sn][CH2]c1ccc(-c2cc[c]([Sn]([CH3])([CH3])[CH3])s2)s1.[CH3][Sn]([CH3])([CH3])[c]1cc2sc([CH2][SnH])cc2s1. The van der Waals surface area contributed by atoms with Crippen LogP contribution in [0.2, 0.25) is 53.3 Å². The molecular formula is C34H52S5Sn6. The van der Waals surface area contributed by atoms with Crippen molar-refractivity contribution >= 4 is 195 Å². The van der Waals surface area contributed by atoms with Gasteiger partial charge in [-0.05, 0) is 0 Å². The van der Waals surface area contributed by atoms with Crippen LogP contribution in [0, 0.1) is 0 Å². The number of hydrogen-bond donors (Lipinski definition) is 0. The van der Waals surface area contributed by atoms with Crippen LogP contribution >= 0.6 is 56.7 Å². The summed E-state index contributed by atoms with van der Waals surface area (Å²) < 4.78 is 15.4. The van der Waals surface area contributed by atoms with Crippen LogP contribution < -0.4 is 8.68 Å². The van der Waals surface area contributed by atoms with Crippen molar-refractivity contribution in [3.8, 4) is 9.75 Å². The van der Waals surface area contributed by atoms with Gasteiger partial charge in [-0.1, -0.05) is 0 Å². The molecule has 242 valence electrons. The first-order valence-corrected chi connectivity index (χ1v) is 60.4. The third-order valence-corrected chi connectivity index (χ3v) is 51.1. The van der Waals surface area contributed by atoms with Crippen molar-refractivity contribution in [2.75, 3.05) is 0 Å². The topological polar surface area (TPSA) is 0 Å². The Morgan fingerprint density at radius 3 is 1.47 bits per heavy atom. The van der Waals surface area contributed by atoms with Crippen LogP contribution in [0.3, 0.4) is 0 Å². The van der Waals surface area contributed by atoms with Gasteiger partial charge < -0.3 is 0 Å². The molecular weight excluding hydrogens is 1280 g/mol. The van der Waals surface area contributed by atoms with E-state index in [1.807, 2.05) is 34.0 Å². The Morgan fingerprint density at radius 2 is 0.978 bits per heavy atom. The summed E-state index contributed by atoms with van der Waals surface area (Å²) in [5.74, 6) is 0. The first-order chi connectivity index (χ1) is 21.0. The van der Waals surface area contributed by atoms with Gasteiger partial charge in [-0.25, -0.2) is 0 Å². The molecule has 0 nitrogen and oxygen atoms in total. The Morgan fingerprint density at radius 1 is 0.511 bits per heavy atom. The van der Waals surface area contributed by atoms with E-state index in [4.69, 9.17) is 0 Å². The van der Waals surface area contributed by atoms with E-state index in [2.05, 4.69) is 130 Å². The van der Waals surface area contributed by atoms with Crippen molar-refractivity contribution in [1.29, 1.82) is 0 Å². The zero-order chi connectivity index (χ0) is 33.4. The quantitative estimate of drug-likeness (QED) is 0.116. The van der Waals surface area contributed by atoms with Crippen LogP contribution in [-0.4, -0.2) is 120 Å². The van der Waals surface area contributed by atoms with Crippen molar-refractivity contribution in [2.45, 2.75) is 80.5 Å². The van der Waals surface area contributed by atoms with Crippen molar-refractivity contribution in [3.63, 3.8) is 0 Å². The number of rotatable bonds is 11. The van der Waals surface area contributed by atoms with Crippen LogP contribution in [-0.2, 0) is 13.3 Å². The molecule has 0 saturated heterocycles. The van der Waals surface area contributed by atoms with Crippen molar-refractivity contribution in [2.24, 2.45) is 0 Å². The van der Waals surface area contributed by atoms with Crippen molar-refractivity contribution in [1.82, 2.24) is 0 Å². The molecule has 5 heterocycles. The zero-order valence-corrected chi connectivity index (χ0v) is 50.9. The molecule has 0 unspecified atom stereocenters. The van der Waals surface area contributed by atoms with Gasteiger partial charge in [-0.15, -0.1) is 0 Å². The van der Waals surface area contributed by atoms with Gasteiger partial charge in [-0.2, -0.15) is 0 Å². The molecule has 5 aromatic heterocycles. The summed E-state index contributed by atoms with van der Waals surface area (Å²) in [6, 6.07) is 19.1. The van der Waals surface area contributed by atoms with Gasteiger partial charge in [0.2, 0.25) is 0 Å². The Labute approximate surface area is 341 Å². The minimum absolute atomic E-state index is 0.0242. The average molecular weight is 1330 g/mol. The second kappa shape index (κ2) is 20.1. The molecule has 0 amide bonds. The van der Waals surface area contributed by atoms with E-state index in [9.17, 15) is 0 Å². The predicted octanol–water partition coefficient (Wildman–Crippen LogP) is 10.5. The zero-order valence-electron chi connectivity index (χ0n) is 29.3. The molecule has 45 heavy (non-hydrogen) atoms. The van der Waals surface area contributed by atoms with Gasteiger partial charge in [0.15, 0.2) is 0 Å². The van der Waals surface area contributed by atoms with Gasteiger partial charge in [0, 0.05) is 0 Å². The summed E-state index contributed by atoms with van der Waals surface area (Å²) in [5, 5.41) is 0. The van der Waals surface area contributed by atoms with E-state index in [0.717, 1.165) is 0 Å². The molecule has 0 bridgehead atoms. The third kappa shape index (κ3) is 14.5. The maximum atomic E-state index is 2.50. The van der Waals surface area contributed by atoms with E-state index in [1.165, 1.54) is 54.5 Å². The fraction of sp³-hybridized carbons (Fsp3) is 0.471. The minimum atomic E-state index is -1.85. The van der Waals surface area contributed by atoms with Crippen LogP contribution in [0.5, 0.6) is 0 Å². The van der Waals surface area contributed by atoms with Crippen LogP contribution in [0.25, 0.3) is 19.2 Å². The Balaban J connectivity index is 0.000000187. The summed E-state index contributed by atoms with van der Waals surface area (Å²) in [4.78, 5) is 30.4. The molecule has 6 radical (unpaired) electrons. The second-order valence-electron chi connectivity index (χ2n) is 14.3. The molecule has 0 aliphatic rings. The monoisotopic (exact) mass is 1340 g/mol.